The number of alkyl halides is 1. The average Bonchev–Trinajstić information content (AvgIpc) is 2.69. The summed E-state index contributed by atoms with van der Waals surface area (Å²) in [5.41, 5.74) is 6.45. The molecule has 2 aliphatic rings. The number of anilines is 1. The highest BCUT2D eigenvalue weighted by molar-refractivity contribution is 5.41. The van der Waals surface area contributed by atoms with Gasteiger partial charge < -0.3 is 10.5 Å². The maximum atomic E-state index is 12.4. The molecule has 2 bridgehead atoms. The van der Waals surface area contributed by atoms with Crippen LogP contribution in [0.1, 0.15) is 32.1 Å². The molecular weight excluding hydrogens is 255 g/mol. The van der Waals surface area contributed by atoms with Crippen molar-refractivity contribution in [3.05, 3.63) is 24.3 Å². The fourth-order valence-electron chi connectivity index (χ4n) is 3.67. The van der Waals surface area contributed by atoms with E-state index in [1.807, 2.05) is 24.3 Å². The number of halogens is 1. The number of hydrogen-bond donors (Lipinski definition) is 1. The maximum absolute atomic E-state index is 12.4. The monoisotopic (exact) mass is 278 g/mol. The van der Waals surface area contributed by atoms with E-state index in [1.165, 1.54) is 12.8 Å². The summed E-state index contributed by atoms with van der Waals surface area (Å²) >= 11 is 0. The Hall–Kier alpha value is -1.29. The first kappa shape index (κ1) is 13.7. The first-order valence-corrected chi connectivity index (χ1v) is 7.60. The summed E-state index contributed by atoms with van der Waals surface area (Å²) in [6.45, 7) is 0.696. The SMILES string of the molecule is Nc1ccc(O[C@@H]2C[C@H]3CC[C@@H](C2)N3CCCF)cc1. The van der Waals surface area contributed by atoms with Gasteiger partial charge in [-0.05, 0) is 56.4 Å². The molecule has 3 nitrogen and oxygen atoms in total. The fraction of sp³-hybridized carbons (Fsp3) is 0.625. The minimum atomic E-state index is -0.207. The first-order chi connectivity index (χ1) is 9.76. The van der Waals surface area contributed by atoms with Crippen LogP contribution in [-0.4, -0.2) is 36.3 Å². The Bertz CT molecular complexity index is 423. The van der Waals surface area contributed by atoms with Gasteiger partial charge in [0, 0.05) is 24.3 Å². The minimum Gasteiger partial charge on any atom is -0.490 e. The Balaban J connectivity index is 1.58. The fourth-order valence-corrected chi connectivity index (χ4v) is 3.67. The van der Waals surface area contributed by atoms with Gasteiger partial charge in [0.1, 0.15) is 11.9 Å². The number of nitrogens with two attached hydrogens (primary N) is 1. The number of fused-ring (bicyclic) bond motifs is 2. The van der Waals surface area contributed by atoms with Gasteiger partial charge in [-0.1, -0.05) is 0 Å². The normalized spacial score (nSPS) is 29.6. The predicted molar refractivity (Wildman–Crippen MR) is 78.6 cm³/mol. The standard InChI is InChI=1S/C16H23FN2O/c17-8-1-9-19-13-4-5-14(19)11-16(10-13)20-15-6-2-12(18)3-7-15/h2-3,6-7,13-14,16H,1,4-5,8-11,18H2/t13-,14+,16-. The molecule has 110 valence electrons. The molecule has 0 aromatic heterocycles. The van der Waals surface area contributed by atoms with Crippen LogP contribution in [0.4, 0.5) is 10.1 Å². The molecule has 3 atom stereocenters. The van der Waals surface area contributed by atoms with Crippen molar-refractivity contribution in [2.75, 3.05) is 19.0 Å². The van der Waals surface area contributed by atoms with Crippen LogP contribution < -0.4 is 10.5 Å². The van der Waals surface area contributed by atoms with Crippen molar-refractivity contribution in [2.24, 2.45) is 0 Å². The van der Waals surface area contributed by atoms with Crippen molar-refractivity contribution in [3.8, 4) is 5.75 Å². The second-order valence-electron chi connectivity index (χ2n) is 5.95. The predicted octanol–water partition coefficient (Wildman–Crippen LogP) is 3.00. The third-order valence-electron chi connectivity index (χ3n) is 4.57. The third kappa shape index (κ3) is 2.90. The lowest BCUT2D eigenvalue weighted by Crippen LogP contribution is -2.46. The lowest BCUT2D eigenvalue weighted by atomic mass is 9.99. The van der Waals surface area contributed by atoms with Gasteiger partial charge in [-0.2, -0.15) is 0 Å². The number of hydrogen-bond acceptors (Lipinski definition) is 3. The number of nitrogens with zero attached hydrogens (tertiary/aromatic N) is 1. The Morgan fingerprint density at radius 2 is 1.80 bits per heavy atom. The highest BCUT2D eigenvalue weighted by Crippen LogP contribution is 2.37. The molecule has 0 aliphatic carbocycles. The minimum absolute atomic E-state index is 0.207. The molecule has 0 spiro atoms. The molecule has 2 saturated heterocycles. The molecule has 0 unspecified atom stereocenters. The Morgan fingerprint density at radius 1 is 1.15 bits per heavy atom. The van der Waals surface area contributed by atoms with Crippen LogP contribution in [0.5, 0.6) is 5.75 Å². The van der Waals surface area contributed by atoms with Crippen LogP contribution in [0.2, 0.25) is 0 Å². The Kier molecular flexibility index (Phi) is 4.10. The van der Waals surface area contributed by atoms with E-state index < -0.39 is 0 Å². The van der Waals surface area contributed by atoms with Gasteiger partial charge in [0.15, 0.2) is 0 Å². The Morgan fingerprint density at radius 3 is 2.40 bits per heavy atom. The quantitative estimate of drug-likeness (QED) is 0.841. The van der Waals surface area contributed by atoms with E-state index in [9.17, 15) is 4.39 Å². The number of rotatable bonds is 5. The van der Waals surface area contributed by atoms with Gasteiger partial charge in [-0.15, -0.1) is 0 Å². The second kappa shape index (κ2) is 6.00. The van der Waals surface area contributed by atoms with Gasteiger partial charge in [0.25, 0.3) is 0 Å². The van der Waals surface area contributed by atoms with Crippen molar-refractivity contribution in [1.29, 1.82) is 0 Å². The highest BCUT2D eigenvalue weighted by Gasteiger charge is 2.41. The zero-order valence-electron chi connectivity index (χ0n) is 11.8. The third-order valence-corrected chi connectivity index (χ3v) is 4.57. The second-order valence-corrected chi connectivity index (χ2v) is 5.95. The number of ether oxygens (including phenoxy) is 1. The molecule has 4 heteroatoms. The van der Waals surface area contributed by atoms with Gasteiger partial charge >= 0.3 is 0 Å². The summed E-state index contributed by atoms with van der Waals surface area (Å²) < 4.78 is 18.4. The maximum Gasteiger partial charge on any atom is 0.119 e. The molecule has 3 rings (SSSR count). The summed E-state index contributed by atoms with van der Waals surface area (Å²) in [4.78, 5) is 2.50. The number of piperidine rings is 1. The molecule has 2 heterocycles. The molecule has 0 radical (unpaired) electrons. The molecule has 2 N–H and O–H groups in total. The summed E-state index contributed by atoms with van der Waals surface area (Å²) in [6.07, 6.45) is 5.55. The van der Waals surface area contributed by atoms with E-state index in [4.69, 9.17) is 10.5 Å². The summed E-state index contributed by atoms with van der Waals surface area (Å²) in [5, 5.41) is 0. The van der Waals surface area contributed by atoms with Crippen LogP contribution in [0.15, 0.2) is 24.3 Å². The zero-order valence-corrected chi connectivity index (χ0v) is 11.8. The summed E-state index contributed by atoms with van der Waals surface area (Å²) in [5.74, 6) is 0.904. The summed E-state index contributed by atoms with van der Waals surface area (Å²) in [6, 6.07) is 8.79. The van der Waals surface area contributed by atoms with Gasteiger partial charge in [-0.3, -0.25) is 9.29 Å². The van der Waals surface area contributed by atoms with Crippen molar-refractivity contribution in [2.45, 2.75) is 50.3 Å². The van der Waals surface area contributed by atoms with Crippen molar-refractivity contribution in [1.82, 2.24) is 4.90 Å². The van der Waals surface area contributed by atoms with E-state index in [-0.39, 0.29) is 12.8 Å². The molecule has 20 heavy (non-hydrogen) atoms. The first-order valence-electron chi connectivity index (χ1n) is 7.60. The van der Waals surface area contributed by atoms with E-state index in [2.05, 4.69) is 4.90 Å². The number of nitrogen functional groups attached to an aromatic ring is 1. The van der Waals surface area contributed by atoms with E-state index in [0.717, 1.165) is 30.8 Å². The molecule has 1 aromatic rings. The topological polar surface area (TPSA) is 38.5 Å². The van der Waals surface area contributed by atoms with Gasteiger partial charge in [-0.25, -0.2) is 0 Å². The Labute approximate surface area is 119 Å². The average molecular weight is 278 g/mol. The van der Waals surface area contributed by atoms with Gasteiger partial charge in [0.2, 0.25) is 0 Å². The molecule has 1 aromatic carbocycles. The van der Waals surface area contributed by atoms with Crippen LogP contribution in [0, 0.1) is 0 Å². The molecule has 0 saturated carbocycles. The smallest absolute Gasteiger partial charge is 0.119 e. The lowest BCUT2D eigenvalue weighted by molar-refractivity contribution is 0.0478. The lowest BCUT2D eigenvalue weighted by Gasteiger charge is -2.38. The highest BCUT2D eigenvalue weighted by atomic mass is 19.1. The molecule has 2 aliphatic heterocycles. The van der Waals surface area contributed by atoms with Crippen LogP contribution in [0.25, 0.3) is 0 Å². The molecular formula is C16H23FN2O. The van der Waals surface area contributed by atoms with E-state index in [0.29, 0.717) is 18.5 Å². The van der Waals surface area contributed by atoms with E-state index >= 15 is 0 Å². The van der Waals surface area contributed by atoms with Crippen LogP contribution in [0.3, 0.4) is 0 Å². The van der Waals surface area contributed by atoms with Crippen molar-refractivity contribution < 1.29 is 9.13 Å². The van der Waals surface area contributed by atoms with Crippen molar-refractivity contribution in [3.63, 3.8) is 0 Å². The number of benzene rings is 1. The summed E-state index contributed by atoms with van der Waals surface area (Å²) in [7, 11) is 0. The molecule has 0 amide bonds. The molecule has 2 fully saturated rings. The van der Waals surface area contributed by atoms with Gasteiger partial charge in [0.05, 0.1) is 6.67 Å². The van der Waals surface area contributed by atoms with Crippen molar-refractivity contribution >= 4 is 5.69 Å². The van der Waals surface area contributed by atoms with Crippen LogP contribution in [-0.2, 0) is 0 Å². The largest absolute Gasteiger partial charge is 0.490 e. The zero-order chi connectivity index (χ0) is 13.9. The van der Waals surface area contributed by atoms with Crippen LogP contribution >= 0.6 is 0 Å². The van der Waals surface area contributed by atoms with E-state index in [1.54, 1.807) is 0 Å².